The highest BCUT2D eigenvalue weighted by Gasteiger charge is 2.18. The van der Waals surface area contributed by atoms with E-state index in [2.05, 4.69) is 51.6 Å². The first-order valence-corrected chi connectivity index (χ1v) is 7.20. The molecular weight excluding hydrogens is 310 g/mol. The Balaban J connectivity index is 1.86. The maximum absolute atomic E-state index is 5.92. The van der Waals surface area contributed by atoms with Gasteiger partial charge >= 0.3 is 0 Å². The molecule has 18 heavy (non-hydrogen) atoms. The van der Waals surface area contributed by atoms with Crippen LogP contribution in [-0.4, -0.2) is 0 Å². The molecule has 1 unspecified atom stereocenters. The maximum atomic E-state index is 5.92. The predicted molar refractivity (Wildman–Crippen MR) is 80.3 cm³/mol. The lowest BCUT2D eigenvalue weighted by molar-refractivity contribution is 0.667. The molecule has 1 aliphatic heterocycles. The molecule has 2 aromatic rings. The van der Waals surface area contributed by atoms with Crippen molar-refractivity contribution in [1.82, 2.24) is 0 Å². The largest absolute Gasteiger partial charge is 0.378 e. The van der Waals surface area contributed by atoms with Crippen molar-refractivity contribution in [3.63, 3.8) is 0 Å². The molecule has 0 aromatic heterocycles. The molecule has 0 radical (unpaired) electrons. The van der Waals surface area contributed by atoms with E-state index in [9.17, 15) is 0 Å². The van der Waals surface area contributed by atoms with Gasteiger partial charge in [0, 0.05) is 15.2 Å². The molecule has 1 nitrogen and oxygen atoms in total. The van der Waals surface area contributed by atoms with E-state index < -0.39 is 0 Å². The minimum absolute atomic E-state index is 0.385. The van der Waals surface area contributed by atoms with Gasteiger partial charge in [0.05, 0.1) is 6.04 Å². The Labute approximate surface area is 120 Å². The summed E-state index contributed by atoms with van der Waals surface area (Å²) in [5.41, 5.74) is 3.92. The topological polar surface area (TPSA) is 12.0 Å². The highest BCUT2D eigenvalue weighted by molar-refractivity contribution is 9.10. The Morgan fingerprint density at radius 3 is 2.67 bits per heavy atom. The predicted octanol–water partition coefficient (Wildman–Crippen LogP) is 5.20. The monoisotopic (exact) mass is 321 g/mol. The van der Waals surface area contributed by atoms with E-state index >= 15 is 0 Å². The Kier molecular flexibility index (Phi) is 3.31. The van der Waals surface area contributed by atoms with Crippen molar-refractivity contribution < 1.29 is 0 Å². The molecule has 0 saturated heterocycles. The summed E-state index contributed by atoms with van der Waals surface area (Å²) in [6, 6.07) is 14.9. The lowest BCUT2D eigenvalue weighted by Gasteiger charge is -2.27. The smallest absolute Gasteiger partial charge is 0.0517 e. The van der Waals surface area contributed by atoms with Crippen molar-refractivity contribution in [1.29, 1.82) is 0 Å². The van der Waals surface area contributed by atoms with Crippen LogP contribution in [0, 0.1) is 0 Å². The zero-order chi connectivity index (χ0) is 12.5. The zero-order valence-corrected chi connectivity index (χ0v) is 12.1. The van der Waals surface area contributed by atoms with Gasteiger partial charge in [0.1, 0.15) is 0 Å². The summed E-state index contributed by atoms with van der Waals surface area (Å²) in [5, 5.41) is 4.39. The minimum atomic E-state index is 0.385. The van der Waals surface area contributed by atoms with Crippen molar-refractivity contribution in [2.45, 2.75) is 18.9 Å². The third-order valence-electron chi connectivity index (χ3n) is 3.37. The van der Waals surface area contributed by atoms with Crippen molar-refractivity contribution in [3.05, 3.63) is 63.1 Å². The highest BCUT2D eigenvalue weighted by atomic mass is 79.9. The highest BCUT2D eigenvalue weighted by Crippen LogP contribution is 2.34. The van der Waals surface area contributed by atoms with Gasteiger partial charge in [-0.1, -0.05) is 39.7 Å². The van der Waals surface area contributed by atoms with Crippen LogP contribution in [0.2, 0.25) is 5.02 Å². The van der Waals surface area contributed by atoms with Gasteiger partial charge in [0.15, 0.2) is 0 Å². The Hall–Kier alpha value is -0.990. The Morgan fingerprint density at radius 2 is 1.89 bits per heavy atom. The van der Waals surface area contributed by atoms with Crippen LogP contribution < -0.4 is 5.32 Å². The van der Waals surface area contributed by atoms with Crippen molar-refractivity contribution >= 4 is 33.2 Å². The lowest BCUT2D eigenvalue weighted by atomic mass is 9.93. The number of nitrogens with one attached hydrogen (secondary N) is 1. The SMILES string of the molecule is Clc1ccc(C2CCc3cc(Br)ccc3N2)cc1. The fraction of sp³-hybridized carbons (Fsp3) is 0.200. The summed E-state index contributed by atoms with van der Waals surface area (Å²) in [5.74, 6) is 0. The maximum Gasteiger partial charge on any atom is 0.0517 e. The molecule has 0 spiro atoms. The fourth-order valence-corrected chi connectivity index (χ4v) is 2.95. The summed E-state index contributed by atoms with van der Waals surface area (Å²) in [4.78, 5) is 0. The summed E-state index contributed by atoms with van der Waals surface area (Å²) < 4.78 is 1.15. The van der Waals surface area contributed by atoms with Gasteiger partial charge in [-0.05, 0) is 54.3 Å². The van der Waals surface area contributed by atoms with E-state index in [1.165, 1.54) is 16.8 Å². The molecule has 1 atom stereocenters. The van der Waals surface area contributed by atoms with Gasteiger partial charge in [0.25, 0.3) is 0 Å². The van der Waals surface area contributed by atoms with E-state index in [1.54, 1.807) is 0 Å². The van der Waals surface area contributed by atoms with E-state index in [0.29, 0.717) is 6.04 Å². The van der Waals surface area contributed by atoms with Gasteiger partial charge in [0.2, 0.25) is 0 Å². The molecule has 3 heteroatoms. The average molecular weight is 323 g/mol. The van der Waals surface area contributed by atoms with Gasteiger partial charge < -0.3 is 5.32 Å². The zero-order valence-electron chi connectivity index (χ0n) is 9.79. The molecule has 1 heterocycles. The number of hydrogen-bond donors (Lipinski definition) is 1. The van der Waals surface area contributed by atoms with E-state index in [0.717, 1.165) is 22.3 Å². The number of rotatable bonds is 1. The van der Waals surface area contributed by atoms with Crippen LogP contribution >= 0.6 is 27.5 Å². The van der Waals surface area contributed by atoms with Gasteiger partial charge in [-0.25, -0.2) is 0 Å². The second-order valence-corrected chi connectivity index (χ2v) is 5.94. The van der Waals surface area contributed by atoms with Crippen molar-refractivity contribution in [2.24, 2.45) is 0 Å². The number of halogens is 2. The normalized spacial score (nSPS) is 18.0. The van der Waals surface area contributed by atoms with E-state index in [-0.39, 0.29) is 0 Å². The first-order valence-electron chi connectivity index (χ1n) is 6.03. The lowest BCUT2D eigenvalue weighted by Crippen LogP contribution is -2.17. The first kappa shape index (κ1) is 12.1. The summed E-state index contributed by atoms with van der Waals surface area (Å²) in [7, 11) is 0. The van der Waals surface area contributed by atoms with E-state index in [4.69, 9.17) is 11.6 Å². The third kappa shape index (κ3) is 2.40. The van der Waals surface area contributed by atoms with Gasteiger partial charge in [-0.2, -0.15) is 0 Å². The first-order chi connectivity index (χ1) is 8.72. The van der Waals surface area contributed by atoms with Gasteiger partial charge in [-0.15, -0.1) is 0 Å². The average Bonchev–Trinajstić information content (AvgIpc) is 2.39. The standard InChI is InChI=1S/C15H13BrClN/c16-12-4-8-15-11(9-12)3-7-14(18-15)10-1-5-13(17)6-2-10/h1-2,4-6,8-9,14,18H,3,7H2. The van der Waals surface area contributed by atoms with Crippen LogP contribution in [0.1, 0.15) is 23.6 Å². The number of aryl methyl sites for hydroxylation is 1. The summed E-state index contributed by atoms with van der Waals surface area (Å²) in [6.45, 7) is 0. The quantitative estimate of drug-likeness (QED) is 0.760. The Bertz CT molecular complexity index is 565. The molecule has 0 fully saturated rings. The molecule has 3 rings (SSSR count). The fourth-order valence-electron chi connectivity index (χ4n) is 2.41. The number of hydrogen-bond acceptors (Lipinski definition) is 1. The summed E-state index contributed by atoms with van der Waals surface area (Å²) >= 11 is 9.44. The molecule has 1 N–H and O–H groups in total. The molecule has 0 aliphatic carbocycles. The van der Waals surface area contributed by atoms with Crippen LogP contribution in [0.3, 0.4) is 0 Å². The second kappa shape index (κ2) is 4.94. The van der Waals surface area contributed by atoms with Crippen LogP contribution in [0.25, 0.3) is 0 Å². The molecule has 0 saturated carbocycles. The molecular formula is C15H13BrClN. The third-order valence-corrected chi connectivity index (χ3v) is 4.12. The van der Waals surface area contributed by atoms with Crippen LogP contribution in [0.15, 0.2) is 46.9 Å². The van der Waals surface area contributed by atoms with E-state index in [1.807, 2.05) is 12.1 Å². The van der Waals surface area contributed by atoms with Crippen LogP contribution in [0.5, 0.6) is 0 Å². The molecule has 92 valence electrons. The number of fused-ring (bicyclic) bond motifs is 1. The molecule has 2 aromatic carbocycles. The summed E-state index contributed by atoms with van der Waals surface area (Å²) in [6.07, 6.45) is 2.22. The number of benzene rings is 2. The van der Waals surface area contributed by atoms with Crippen molar-refractivity contribution in [2.75, 3.05) is 5.32 Å². The number of anilines is 1. The molecule has 1 aliphatic rings. The molecule has 0 bridgehead atoms. The minimum Gasteiger partial charge on any atom is -0.378 e. The van der Waals surface area contributed by atoms with Crippen LogP contribution in [-0.2, 0) is 6.42 Å². The Morgan fingerprint density at radius 1 is 1.11 bits per heavy atom. The van der Waals surface area contributed by atoms with Crippen LogP contribution in [0.4, 0.5) is 5.69 Å². The second-order valence-electron chi connectivity index (χ2n) is 4.59. The van der Waals surface area contributed by atoms with Gasteiger partial charge in [-0.3, -0.25) is 0 Å². The van der Waals surface area contributed by atoms with Crippen molar-refractivity contribution in [3.8, 4) is 0 Å². The molecule has 0 amide bonds.